The van der Waals surface area contributed by atoms with Gasteiger partial charge < -0.3 is 16.8 Å². The SMILES string of the molecule is CC(C)NC(=NC(N)CC(N)c1ccc(Cl)cc1)NC(=O)c1ccc(C(F)(F)F)cc1. The number of halogens is 4. The molecular weight excluding hydrogens is 431 g/mol. The lowest BCUT2D eigenvalue weighted by Gasteiger charge is -2.19. The van der Waals surface area contributed by atoms with Gasteiger partial charge >= 0.3 is 6.18 Å². The smallest absolute Gasteiger partial charge is 0.354 e. The summed E-state index contributed by atoms with van der Waals surface area (Å²) in [5.41, 5.74) is 12.3. The van der Waals surface area contributed by atoms with Gasteiger partial charge in [0.25, 0.3) is 5.91 Å². The molecule has 0 bridgehead atoms. The first-order valence-electron chi connectivity index (χ1n) is 9.55. The first kappa shape index (κ1) is 24.6. The van der Waals surface area contributed by atoms with Gasteiger partial charge in [-0.15, -0.1) is 0 Å². The quantitative estimate of drug-likeness (QED) is 0.392. The Hall–Kier alpha value is -2.62. The largest absolute Gasteiger partial charge is 0.416 e. The maximum Gasteiger partial charge on any atom is 0.416 e. The number of hydrogen-bond donors (Lipinski definition) is 4. The summed E-state index contributed by atoms with van der Waals surface area (Å²) in [6.07, 6.45) is -4.92. The molecule has 168 valence electrons. The number of carbonyl (C=O) groups excluding carboxylic acids is 1. The number of alkyl halides is 3. The lowest BCUT2D eigenvalue weighted by molar-refractivity contribution is -0.137. The molecule has 0 heterocycles. The van der Waals surface area contributed by atoms with E-state index in [0.29, 0.717) is 11.4 Å². The van der Waals surface area contributed by atoms with Gasteiger partial charge in [-0.1, -0.05) is 23.7 Å². The minimum absolute atomic E-state index is 0.0534. The van der Waals surface area contributed by atoms with Gasteiger partial charge in [0.05, 0.1) is 5.56 Å². The fraction of sp³-hybridized carbons (Fsp3) is 0.333. The molecule has 0 saturated carbocycles. The molecule has 6 nitrogen and oxygen atoms in total. The number of carbonyl (C=O) groups is 1. The molecule has 2 atom stereocenters. The normalized spacial score (nSPS) is 14.3. The van der Waals surface area contributed by atoms with E-state index in [1.54, 1.807) is 24.3 Å². The Morgan fingerprint density at radius 2 is 1.65 bits per heavy atom. The van der Waals surface area contributed by atoms with E-state index in [1.807, 2.05) is 13.8 Å². The summed E-state index contributed by atoms with van der Waals surface area (Å²) in [6.45, 7) is 3.68. The Morgan fingerprint density at radius 1 is 1.06 bits per heavy atom. The Morgan fingerprint density at radius 3 is 2.16 bits per heavy atom. The number of rotatable bonds is 6. The molecule has 2 rings (SSSR count). The van der Waals surface area contributed by atoms with Crippen LogP contribution in [0.3, 0.4) is 0 Å². The molecule has 0 fully saturated rings. The van der Waals surface area contributed by atoms with Gasteiger partial charge in [0.1, 0.15) is 6.17 Å². The molecule has 0 aromatic heterocycles. The van der Waals surface area contributed by atoms with E-state index >= 15 is 0 Å². The minimum Gasteiger partial charge on any atom is -0.354 e. The Kier molecular flexibility index (Phi) is 8.43. The van der Waals surface area contributed by atoms with Gasteiger partial charge in [-0.3, -0.25) is 10.1 Å². The lowest BCUT2D eigenvalue weighted by atomic mass is 10.0. The van der Waals surface area contributed by atoms with Gasteiger partial charge in [-0.2, -0.15) is 13.2 Å². The fourth-order valence-corrected chi connectivity index (χ4v) is 2.82. The minimum atomic E-state index is -4.48. The first-order chi connectivity index (χ1) is 14.5. The molecule has 0 aliphatic rings. The van der Waals surface area contributed by atoms with Crippen LogP contribution in [0, 0.1) is 0 Å². The number of nitrogens with one attached hydrogen (secondary N) is 2. The van der Waals surface area contributed by atoms with Crippen LogP contribution in [0.5, 0.6) is 0 Å². The Bertz CT molecular complexity index is 899. The van der Waals surface area contributed by atoms with Crippen molar-refractivity contribution in [2.24, 2.45) is 16.5 Å². The van der Waals surface area contributed by atoms with Crippen LogP contribution in [-0.2, 0) is 6.18 Å². The highest BCUT2D eigenvalue weighted by Gasteiger charge is 2.30. The highest BCUT2D eigenvalue weighted by Crippen LogP contribution is 2.29. The van der Waals surface area contributed by atoms with Gasteiger partial charge in [0.2, 0.25) is 0 Å². The molecule has 0 aliphatic heterocycles. The summed E-state index contributed by atoms with van der Waals surface area (Å²) in [5.74, 6) is -0.509. The van der Waals surface area contributed by atoms with Crippen LogP contribution in [0.15, 0.2) is 53.5 Å². The summed E-state index contributed by atoms with van der Waals surface area (Å²) in [6, 6.07) is 10.4. The van der Waals surface area contributed by atoms with Crippen molar-refractivity contribution in [3.63, 3.8) is 0 Å². The van der Waals surface area contributed by atoms with Crippen molar-refractivity contribution in [2.45, 2.75) is 44.7 Å². The van der Waals surface area contributed by atoms with Crippen molar-refractivity contribution < 1.29 is 18.0 Å². The molecule has 2 aromatic rings. The van der Waals surface area contributed by atoms with E-state index in [4.69, 9.17) is 23.1 Å². The number of amides is 1. The maximum atomic E-state index is 12.7. The van der Waals surface area contributed by atoms with E-state index in [9.17, 15) is 18.0 Å². The van der Waals surface area contributed by atoms with E-state index in [0.717, 1.165) is 29.8 Å². The number of nitrogens with zero attached hydrogens (tertiary/aromatic N) is 1. The van der Waals surface area contributed by atoms with Gasteiger partial charge in [-0.25, -0.2) is 4.99 Å². The van der Waals surface area contributed by atoms with Crippen LogP contribution in [0.25, 0.3) is 0 Å². The van der Waals surface area contributed by atoms with Crippen LogP contribution in [-0.4, -0.2) is 24.1 Å². The zero-order valence-electron chi connectivity index (χ0n) is 17.1. The van der Waals surface area contributed by atoms with Crippen LogP contribution >= 0.6 is 11.6 Å². The molecule has 0 radical (unpaired) electrons. The number of aliphatic imine (C=N–C) groups is 1. The molecule has 31 heavy (non-hydrogen) atoms. The Balaban J connectivity index is 2.09. The molecular formula is C21H25ClF3N5O. The van der Waals surface area contributed by atoms with E-state index < -0.39 is 29.9 Å². The predicted octanol–water partition coefficient (Wildman–Crippen LogP) is 3.82. The van der Waals surface area contributed by atoms with Gasteiger partial charge in [-0.05, 0) is 55.8 Å². The molecule has 6 N–H and O–H groups in total. The standard InChI is InChI=1S/C21H25ClF3N5O/c1-12(2)28-20(29-18(27)11-17(26)13-5-9-16(22)10-6-13)30-19(31)14-3-7-15(8-4-14)21(23,24)25/h3-10,12,17-18H,11,26-27H2,1-2H3,(H2,28,29,30,31). The van der Waals surface area contributed by atoms with Crippen molar-refractivity contribution in [3.8, 4) is 0 Å². The second-order valence-corrected chi connectivity index (χ2v) is 7.70. The second kappa shape index (κ2) is 10.6. The molecule has 2 unspecified atom stereocenters. The van der Waals surface area contributed by atoms with E-state index in [2.05, 4.69) is 15.6 Å². The summed E-state index contributed by atoms with van der Waals surface area (Å²) >= 11 is 5.88. The second-order valence-electron chi connectivity index (χ2n) is 7.27. The third-order valence-electron chi connectivity index (χ3n) is 4.22. The number of guanidine groups is 1. The number of nitrogens with two attached hydrogens (primary N) is 2. The lowest BCUT2D eigenvalue weighted by Crippen LogP contribution is -2.45. The van der Waals surface area contributed by atoms with Crippen LogP contribution in [0.1, 0.15) is 47.8 Å². The third-order valence-corrected chi connectivity index (χ3v) is 4.47. The third kappa shape index (κ3) is 7.86. The molecule has 0 aliphatic carbocycles. The summed E-state index contributed by atoms with van der Waals surface area (Å²) < 4.78 is 38.1. The number of hydrogen-bond acceptors (Lipinski definition) is 4. The van der Waals surface area contributed by atoms with Crippen LogP contribution in [0.4, 0.5) is 13.2 Å². The highest BCUT2D eigenvalue weighted by molar-refractivity contribution is 6.30. The van der Waals surface area contributed by atoms with Gasteiger partial charge in [0.15, 0.2) is 5.96 Å². The highest BCUT2D eigenvalue weighted by atomic mass is 35.5. The zero-order valence-corrected chi connectivity index (χ0v) is 17.8. The number of benzene rings is 2. The molecule has 0 spiro atoms. The summed E-state index contributed by atoms with van der Waals surface area (Å²) in [4.78, 5) is 16.8. The fourth-order valence-electron chi connectivity index (χ4n) is 2.69. The molecule has 0 saturated heterocycles. The molecule has 2 aromatic carbocycles. The topological polar surface area (TPSA) is 106 Å². The zero-order chi connectivity index (χ0) is 23.2. The maximum absolute atomic E-state index is 12.7. The van der Waals surface area contributed by atoms with Crippen molar-refractivity contribution in [3.05, 3.63) is 70.2 Å². The van der Waals surface area contributed by atoms with Gasteiger partial charge in [0, 0.05) is 29.1 Å². The van der Waals surface area contributed by atoms with Crippen molar-refractivity contribution in [2.75, 3.05) is 0 Å². The van der Waals surface area contributed by atoms with E-state index in [1.165, 1.54) is 0 Å². The monoisotopic (exact) mass is 455 g/mol. The molecule has 1 amide bonds. The van der Waals surface area contributed by atoms with Crippen molar-refractivity contribution >= 4 is 23.5 Å². The van der Waals surface area contributed by atoms with E-state index in [-0.39, 0.29) is 17.6 Å². The molecule has 10 heteroatoms. The summed E-state index contributed by atoms with van der Waals surface area (Å²) in [5, 5.41) is 6.11. The van der Waals surface area contributed by atoms with Crippen molar-refractivity contribution in [1.29, 1.82) is 0 Å². The first-order valence-corrected chi connectivity index (χ1v) is 9.93. The predicted molar refractivity (Wildman–Crippen MR) is 116 cm³/mol. The average Bonchev–Trinajstić information content (AvgIpc) is 2.67. The van der Waals surface area contributed by atoms with Crippen molar-refractivity contribution in [1.82, 2.24) is 10.6 Å². The van der Waals surface area contributed by atoms with Crippen LogP contribution < -0.4 is 22.1 Å². The average molecular weight is 456 g/mol. The summed E-state index contributed by atoms with van der Waals surface area (Å²) in [7, 11) is 0. The Labute approximate surface area is 183 Å². The van der Waals surface area contributed by atoms with Crippen LogP contribution in [0.2, 0.25) is 5.02 Å².